The van der Waals surface area contributed by atoms with Crippen molar-refractivity contribution in [1.29, 1.82) is 0 Å². The predicted octanol–water partition coefficient (Wildman–Crippen LogP) is 3.02. The second-order valence-corrected chi connectivity index (χ2v) is 7.25. The zero-order valence-electron chi connectivity index (χ0n) is 11.0. The Morgan fingerprint density at radius 2 is 2.28 bits per heavy atom. The molecule has 2 heterocycles. The van der Waals surface area contributed by atoms with Gasteiger partial charge in [-0.3, -0.25) is 4.79 Å². The van der Waals surface area contributed by atoms with Gasteiger partial charge in [0.15, 0.2) is 5.78 Å². The molecule has 1 fully saturated rings. The van der Waals surface area contributed by atoms with E-state index in [9.17, 15) is 4.79 Å². The summed E-state index contributed by atoms with van der Waals surface area (Å²) in [6, 6.07) is 0. The van der Waals surface area contributed by atoms with Crippen molar-refractivity contribution < 1.29 is 9.53 Å². The van der Waals surface area contributed by atoms with E-state index in [1.54, 1.807) is 11.3 Å². The summed E-state index contributed by atoms with van der Waals surface area (Å²) in [5.41, 5.74) is 1.09. The zero-order valence-corrected chi connectivity index (χ0v) is 11.8. The molecule has 0 amide bonds. The van der Waals surface area contributed by atoms with Gasteiger partial charge in [-0.1, -0.05) is 13.8 Å². The fraction of sp³-hybridized carbons (Fsp3) is 0.714. The van der Waals surface area contributed by atoms with Crippen LogP contribution in [0.5, 0.6) is 0 Å². The van der Waals surface area contributed by atoms with Crippen LogP contribution in [-0.2, 0) is 17.6 Å². The van der Waals surface area contributed by atoms with E-state index < -0.39 is 0 Å². The Morgan fingerprint density at radius 3 is 3.00 bits per heavy atom. The molecule has 1 aliphatic carbocycles. The summed E-state index contributed by atoms with van der Waals surface area (Å²) < 4.78 is 5.64. The number of carbonyl (C=O) groups is 1. The van der Waals surface area contributed by atoms with Crippen LogP contribution in [0.4, 0.5) is 0 Å². The average molecular weight is 265 g/mol. The third-order valence-electron chi connectivity index (χ3n) is 3.71. The molecule has 1 unspecified atom stereocenters. The van der Waals surface area contributed by atoms with Crippen LogP contribution >= 0.6 is 11.3 Å². The van der Waals surface area contributed by atoms with Gasteiger partial charge in [0.05, 0.1) is 21.7 Å². The third kappa shape index (κ3) is 2.36. The molecule has 1 aliphatic heterocycles. The molecule has 0 bridgehead atoms. The van der Waals surface area contributed by atoms with Gasteiger partial charge in [-0.15, -0.1) is 11.3 Å². The topological polar surface area (TPSA) is 39.2 Å². The van der Waals surface area contributed by atoms with E-state index in [-0.39, 0.29) is 11.2 Å². The molecule has 1 saturated heterocycles. The number of hydrogen-bond acceptors (Lipinski definition) is 4. The molecule has 1 aromatic rings. The maximum absolute atomic E-state index is 12.1. The first kappa shape index (κ1) is 12.3. The minimum absolute atomic E-state index is 0.0687. The Bertz CT molecular complexity index is 472. The van der Waals surface area contributed by atoms with Crippen LogP contribution in [0.3, 0.4) is 0 Å². The van der Waals surface area contributed by atoms with Gasteiger partial charge in [0, 0.05) is 19.4 Å². The van der Waals surface area contributed by atoms with Gasteiger partial charge in [0.25, 0.3) is 0 Å². The average Bonchev–Trinajstić information content (AvgIpc) is 2.86. The molecule has 3 rings (SSSR count). The molecule has 0 N–H and O–H groups in total. The highest BCUT2D eigenvalue weighted by atomic mass is 32.1. The van der Waals surface area contributed by atoms with E-state index in [1.165, 1.54) is 0 Å². The largest absolute Gasteiger partial charge is 0.378 e. The maximum Gasteiger partial charge on any atom is 0.175 e. The van der Waals surface area contributed by atoms with Gasteiger partial charge in [0.2, 0.25) is 0 Å². The lowest BCUT2D eigenvalue weighted by Gasteiger charge is -2.26. The van der Waals surface area contributed by atoms with E-state index in [1.807, 2.05) is 0 Å². The van der Waals surface area contributed by atoms with Crippen molar-refractivity contribution in [2.75, 3.05) is 6.61 Å². The number of ether oxygens (including phenoxy) is 1. The van der Waals surface area contributed by atoms with Gasteiger partial charge in [-0.25, -0.2) is 4.98 Å². The molecule has 98 valence electrons. The van der Waals surface area contributed by atoms with E-state index >= 15 is 0 Å². The first-order valence-corrected chi connectivity index (χ1v) is 7.48. The minimum Gasteiger partial charge on any atom is -0.378 e. The summed E-state index contributed by atoms with van der Waals surface area (Å²) >= 11 is 1.59. The molecule has 3 nitrogen and oxygen atoms in total. The number of nitrogens with zero attached hydrogens (tertiary/aromatic N) is 1. The van der Waals surface area contributed by atoms with E-state index in [0.717, 1.165) is 47.9 Å². The Labute approximate surface area is 112 Å². The Kier molecular flexibility index (Phi) is 3.02. The van der Waals surface area contributed by atoms with Gasteiger partial charge in [-0.2, -0.15) is 0 Å². The zero-order chi connectivity index (χ0) is 12.8. The molecule has 1 aromatic heterocycles. The second kappa shape index (κ2) is 4.42. The lowest BCUT2D eigenvalue weighted by atomic mass is 9.78. The number of ketones is 1. The summed E-state index contributed by atoms with van der Waals surface area (Å²) in [4.78, 5) is 17.7. The molecular formula is C14H19NO2S. The SMILES string of the molecule is CC1(C)CC(=O)c2sc(CC3CCCO3)nc2C1. The number of thiazole rings is 1. The van der Waals surface area contributed by atoms with Crippen LogP contribution in [0.15, 0.2) is 0 Å². The standard InChI is InChI=1S/C14H19NO2S/c1-14(2)7-10-13(11(16)8-14)18-12(15-10)6-9-4-3-5-17-9/h9H,3-8H2,1-2H3. The lowest BCUT2D eigenvalue weighted by molar-refractivity contribution is 0.0916. The van der Waals surface area contributed by atoms with E-state index in [0.29, 0.717) is 12.5 Å². The maximum atomic E-state index is 12.1. The van der Waals surface area contributed by atoms with Crippen LogP contribution in [-0.4, -0.2) is 23.5 Å². The monoisotopic (exact) mass is 265 g/mol. The Balaban J connectivity index is 1.81. The smallest absolute Gasteiger partial charge is 0.175 e. The van der Waals surface area contributed by atoms with Gasteiger partial charge < -0.3 is 4.74 Å². The molecule has 18 heavy (non-hydrogen) atoms. The van der Waals surface area contributed by atoms with Crippen LogP contribution in [0.1, 0.15) is 53.5 Å². The quantitative estimate of drug-likeness (QED) is 0.825. The molecule has 4 heteroatoms. The van der Waals surface area contributed by atoms with Crippen molar-refractivity contribution in [2.45, 2.75) is 52.1 Å². The van der Waals surface area contributed by atoms with E-state index in [4.69, 9.17) is 4.74 Å². The first-order chi connectivity index (χ1) is 8.53. The van der Waals surface area contributed by atoms with Crippen molar-refractivity contribution in [2.24, 2.45) is 5.41 Å². The molecule has 2 aliphatic rings. The van der Waals surface area contributed by atoms with Crippen molar-refractivity contribution in [3.05, 3.63) is 15.6 Å². The third-order valence-corrected chi connectivity index (χ3v) is 4.87. The molecule has 1 atom stereocenters. The van der Waals surface area contributed by atoms with Crippen molar-refractivity contribution in [1.82, 2.24) is 4.98 Å². The second-order valence-electron chi connectivity index (χ2n) is 6.16. The number of rotatable bonds is 2. The normalized spacial score (nSPS) is 26.3. The van der Waals surface area contributed by atoms with Crippen LogP contribution < -0.4 is 0 Å². The van der Waals surface area contributed by atoms with Gasteiger partial charge in [0.1, 0.15) is 0 Å². The summed E-state index contributed by atoms with van der Waals surface area (Å²) in [5.74, 6) is 0.275. The Morgan fingerprint density at radius 1 is 1.44 bits per heavy atom. The summed E-state index contributed by atoms with van der Waals surface area (Å²) in [5, 5.41) is 1.08. The molecule has 0 spiro atoms. The minimum atomic E-state index is 0.0687. The van der Waals surface area contributed by atoms with Crippen molar-refractivity contribution in [3.8, 4) is 0 Å². The number of carbonyl (C=O) groups excluding carboxylic acids is 1. The van der Waals surface area contributed by atoms with Crippen molar-refractivity contribution in [3.63, 3.8) is 0 Å². The van der Waals surface area contributed by atoms with Crippen LogP contribution in [0.25, 0.3) is 0 Å². The molecular weight excluding hydrogens is 246 g/mol. The first-order valence-electron chi connectivity index (χ1n) is 6.67. The summed E-state index contributed by atoms with van der Waals surface area (Å²) in [6.45, 7) is 5.17. The summed E-state index contributed by atoms with van der Waals surface area (Å²) in [6.07, 6.45) is 5.06. The molecule has 0 saturated carbocycles. The number of aromatic nitrogens is 1. The van der Waals surface area contributed by atoms with Gasteiger partial charge in [-0.05, 0) is 24.7 Å². The van der Waals surface area contributed by atoms with E-state index in [2.05, 4.69) is 18.8 Å². The van der Waals surface area contributed by atoms with Gasteiger partial charge >= 0.3 is 0 Å². The molecule has 0 radical (unpaired) electrons. The van der Waals surface area contributed by atoms with Crippen molar-refractivity contribution >= 4 is 17.1 Å². The highest BCUT2D eigenvalue weighted by Gasteiger charge is 2.34. The summed E-state index contributed by atoms with van der Waals surface area (Å²) in [7, 11) is 0. The fourth-order valence-electron chi connectivity index (χ4n) is 2.86. The molecule has 0 aromatic carbocycles. The number of fused-ring (bicyclic) bond motifs is 1. The van der Waals surface area contributed by atoms with Crippen LogP contribution in [0, 0.1) is 5.41 Å². The lowest BCUT2D eigenvalue weighted by Crippen LogP contribution is -2.26. The number of Topliss-reactive ketones (excluding diaryl/α,β-unsaturated/α-hetero) is 1. The number of hydrogen-bond donors (Lipinski definition) is 0. The predicted molar refractivity (Wildman–Crippen MR) is 71.2 cm³/mol. The highest BCUT2D eigenvalue weighted by molar-refractivity contribution is 7.13. The Hall–Kier alpha value is -0.740. The fourth-order valence-corrected chi connectivity index (χ4v) is 3.94. The van der Waals surface area contributed by atoms with Crippen LogP contribution in [0.2, 0.25) is 0 Å². The highest BCUT2D eigenvalue weighted by Crippen LogP contribution is 2.37.